The van der Waals surface area contributed by atoms with Crippen molar-refractivity contribution >= 4 is 27.5 Å². The number of fused-ring (bicyclic) bond motifs is 1. The van der Waals surface area contributed by atoms with Crippen LogP contribution in [-0.2, 0) is 23.3 Å². The number of carbonyl (C=O) groups excluding carboxylic acids is 1. The molecule has 0 aliphatic heterocycles. The van der Waals surface area contributed by atoms with Crippen molar-refractivity contribution in [3.8, 4) is 10.8 Å². The lowest BCUT2D eigenvalue weighted by Crippen LogP contribution is -2.55. The van der Waals surface area contributed by atoms with E-state index in [2.05, 4.69) is 10.2 Å². The molecule has 0 unspecified atom stereocenters. The minimum atomic E-state index is -1.46. The number of halogens is 1. The summed E-state index contributed by atoms with van der Waals surface area (Å²) in [4.78, 5) is 43.8. The van der Waals surface area contributed by atoms with E-state index in [-0.39, 0.29) is 19.1 Å². The molecule has 4 aromatic rings. The van der Waals surface area contributed by atoms with Gasteiger partial charge in [0.25, 0.3) is 5.56 Å². The Morgan fingerprint density at radius 3 is 2.35 bits per heavy atom. The minimum absolute atomic E-state index is 0.119. The van der Waals surface area contributed by atoms with Gasteiger partial charge < -0.3 is 14.7 Å². The van der Waals surface area contributed by atoms with Gasteiger partial charge in [-0.1, -0.05) is 11.3 Å². The molecular formula is C27H35FN6O5S. The number of aryl methyl sites for hydroxylation is 3. The summed E-state index contributed by atoms with van der Waals surface area (Å²) >= 11 is 1.21. The molecule has 0 radical (unpaired) electrons. The van der Waals surface area contributed by atoms with Crippen LogP contribution in [0.25, 0.3) is 15.2 Å². The molecular weight excluding hydrogens is 539 g/mol. The van der Waals surface area contributed by atoms with E-state index in [0.717, 1.165) is 4.57 Å². The van der Waals surface area contributed by atoms with Gasteiger partial charge in [-0.05, 0) is 64.8 Å². The van der Waals surface area contributed by atoms with Gasteiger partial charge in [0.15, 0.2) is 0 Å². The first-order valence-corrected chi connectivity index (χ1v) is 13.4. The number of ether oxygens (including phenoxy) is 1. The second kappa shape index (κ2) is 12.1. The Labute approximate surface area is 235 Å². The molecule has 4 rings (SSSR count). The third kappa shape index (κ3) is 5.99. The van der Waals surface area contributed by atoms with Crippen LogP contribution in [0.2, 0.25) is 0 Å². The van der Waals surface area contributed by atoms with Gasteiger partial charge in [-0.15, -0.1) is 4.80 Å². The van der Waals surface area contributed by atoms with Crippen LogP contribution >= 0.6 is 11.3 Å². The number of nitrogens with zero attached hydrogens (tertiary/aromatic N) is 6. The predicted molar refractivity (Wildman–Crippen MR) is 152 cm³/mol. The molecule has 0 aliphatic rings. The fourth-order valence-electron chi connectivity index (χ4n) is 4.35. The highest BCUT2D eigenvalue weighted by Crippen LogP contribution is 2.31. The molecule has 0 saturated carbocycles. The van der Waals surface area contributed by atoms with Crippen LogP contribution < -0.4 is 16.0 Å². The van der Waals surface area contributed by atoms with E-state index in [9.17, 15) is 18.8 Å². The van der Waals surface area contributed by atoms with Gasteiger partial charge in [-0.3, -0.25) is 14.2 Å². The van der Waals surface area contributed by atoms with Crippen LogP contribution in [0.15, 0.2) is 40.2 Å². The smallest absolute Gasteiger partial charge is 0.333 e. The highest BCUT2D eigenvalue weighted by Gasteiger charge is 2.36. The number of hydrogen-bond donors (Lipinski definition) is 1. The lowest BCUT2D eigenvalue weighted by Gasteiger charge is -2.29. The van der Waals surface area contributed by atoms with Crippen molar-refractivity contribution in [2.45, 2.75) is 59.2 Å². The molecule has 3 aromatic heterocycles. The molecule has 40 heavy (non-hydrogen) atoms. The van der Waals surface area contributed by atoms with Crippen LogP contribution in [0.5, 0.6) is 5.75 Å². The Morgan fingerprint density at radius 1 is 1.20 bits per heavy atom. The quantitative estimate of drug-likeness (QED) is 0.360. The third-order valence-electron chi connectivity index (χ3n) is 6.12. The number of aliphatic hydroxyl groups is 1. The second-order valence-corrected chi connectivity index (χ2v) is 11.1. The molecule has 1 aromatic carbocycles. The van der Waals surface area contributed by atoms with Gasteiger partial charge in [0.05, 0.1) is 24.9 Å². The summed E-state index contributed by atoms with van der Waals surface area (Å²) in [5, 5.41) is 17.3. The maximum Gasteiger partial charge on any atom is 0.333 e. The largest absolute Gasteiger partial charge is 0.496 e. The highest BCUT2D eigenvalue weighted by molar-refractivity contribution is 7.21. The number of hydrogen-bond acceptors (Lipinski definition) is 8. The summed E-state index contributed by atoms with van der Waals surface area (Å²) in [5.74, 6) is -0.341. The van der Waals surface area contributed by atoms with Gasteiger partial charge in [-0.2, -0.15) is 10.2 Å². The lowest BCUT2D eigenvalue weighted by atomic mass is 10.0. The summed E-state index contributed by atoms with van der Waals surface area (Å²) in [7, 11) is 4.63. The van der Waals surface area contributed by atoms with E-state index in [1.54, 1.807) is 48.7 Å². The molecule has 0 spiro atoms. The summed E-state index contributed by atoms with van der Waals surface area (Å²) in [5.41, 5.74) is -1.50. The molecule has 3 heterocycles. The zero-order valence-electron chi connectivity index (χ0n) is 23.9. The molecule has 216 valence electrons. The first kappa shape index (κ1) is 30.7. The van der Waals surface area contributed by atoms with Crippen LogP contribution in [-0.4, -0.2) is 67.4 Å². The number of rotatable bonds is 7. The molecule has 0 bridgehead atoms. The zero-order valence-corrected chi connectivity index (χ0v) is 24.7. The number of likely N-dealkylation sites (N-methyl/N-ethyl adjacent to an activating group) is 1. The van der Waals surface area contributed by atoms with Crippen molar-refractivity contribution in [3.05, 3.63) is 68.4 Å². The van der Waals surface area contributed by atoms with E-state index in [4.69, 9.17) is 9.84 Å². The SMILES string of the molecule is CC(C)O.COc1ccc(F)cc1CCn1c(=O)n(C(C)(C)C(=O)N(C)C)c(=O)c2c(C)c(-n3nccn3)sc21. The number of aliphatic hydroxyl groups excluding tert-OH is 1. The maximum absolute atomic E-state index is 14.0. The standard InChI is InChI=1S/C24H27FN6O4S.C3H8O/c1-14-18-19(32)30(24(2,3)22(33)28(4)5)23(34)29(21(18)36-20(14)31-26-10-11-27-31)12-9-15-13-16(25)7-8-17(15)35-6;1-3(2)4/h7-8,10-11,13H,9,12H2,1-6H3;3-4H,1-2H3. The monoisotopic (exact) mass is 574 g/mol. The van der Waals surface area contributed by atoms with Gasteiger partial charge in [-0.25, -0.2) is 13.8 Å². The number of benzene rings is 1. The van der Waals surface area contributed by atoms with Crippen molar-refractivity contribution in [1.82, 2.24) is 29.0 Å². The fourth-order valence-corrected chi connectivity index (χ4v) is 5.59. The van der Waals surface area contributed by atoms with E-state index < -0.39 is 28.5 Å². The minimum Gasteiger partial charge on any atom is -0.496 e. The summed E-state index contributed by atoms with van der Waals surface area (Å²) in [6, 6.07) is 4.18. The molecule has 0 atom stereocenters. The normalized spacial score (nSPS) is 11.5. The Bertz CT molecular complexity index is 1620. The van der Waals surface area contributed by atoms with E-state index >= 15 is 0 Å². The molecule has 0 saturated heterocycles. The molecule has 1 amide bonds. The molecule has 0 fully saturated rings. The maximum atomic E-state index is 14.0. The van der Waals surface area contributed by atoms with Crippen molar-refractivity contribution in [3.63, 3.8) is 0 Å². The van der Waals surface area contributed by atoms with Crippen molar-refractivity contribution < 1.29 is 19.0 Å². The first-order valence-electron chi connectivity index (χ1n) is 12.6. The first-order chi connectivity index (χ1) is 18.7. The van der Waals surface area contributed by atoms with Crippen molar-refractivity contribution in [1.29, 1.82) is 0 Å². The number of amides is 1. The van der Waals surface area contributed by atoms with Crippen LogP contribution in [0.1, 0.15) is 38.8 Å². The van der Waals surface area contributed by atoms with Gasteiger partial charge in [0.1, 0.15) is 26.9 Å². The van der Waals surface area contributed by atoms with Crippen molar-refractivity contribution in [2.75, 3.05) is 21.2 Å². The zero-order chi connectivity index (χ0) is 29.9. The average molecular weight is 575 g/mol. The average Bonchev–Trinajstić information content (AvgIpc) is 3.51. The lowest BCUT2D eigenvalue weighted by molar-refractivity contribution is -0.136. The van der Waals surface area contributed by atoms with E-state index in [1.165, 1.54) is 63.3 Å². The van der Waals surface area contributed by atoms with E-state index in [1.807, 2.05) is 0 Å². The fraction of sp³-hybridized carbons (Fsp3) is 0.444. The van der Waals surface area contributed by atoms with Crippen LogP contribution in [0.3, 0.4) is 0 Å². The van der Waals surface area contributed by atoms with E-state index in [0.29, 0.717) is 32.1 Å². The number of aromatic nitrogens is 5. The predicted octanol–water partition coefficient (Wildman–Crippen LogP) is 2.71. The number of thiophene rings is 1. The van der Waals surface area contributed by atoms with Gasteiger partial charge in [0.2, 0.25) is 5.91 Å². The van der Waals surface area contributed by atoms with Gasteiger partial charge >= 0.3 is 5.69 Å². The highest BCUT2D eigenvalue weighted by atomic mass is 32.1. The summed E-state index contributed by atoms with van der Waals surface area (Å²) < 4.78 is 21.8. The molecule has 13 heteroatoms. The molecule has 1 N–H and O–H groups in total. The third-order valence-corrected chi connectivity index (χ3v) is 7.40. The Morgan fingerprint density at radius 2 is 1.80 bits per heavy atom. The van der Waals surface area contributed by atoms with Crippen LogP contribution in [0.4, 0.5) is 4.39 Å². The molecule has 11 nitrogen and oxygen atoms in total. The Balaban J connectivity index is 0.00000103. The summed E-state index contributed by atoms with van der Waals surface area (Å²) in [6.07, 6.45) is 3.12. The number of carbonyl (C=O) groups is 1. The summed E-state index contributed by atoms with van der Waals surface area (Å²) in [6.45, 7) is 8.41. The Hall–Kier alpha value is -3.84. The Kier molecular flexibility index (Phi) is 9.31. The molecule has 0 aliphatic carbocycles. The van der Waals surface area contributed by atoms with Crippen molar-refractivity contribution in [2.24, 2.45) is 0 Å². The topological polar surface area (TPSA) is 124 Å². The van der Waals surface area contributed by atoms with Gasteiger partial charge in [0, 0.05) is 32.3 Å². The second-order valence-electron chi connectivity index (χ2n) is 10.2. The van der Waals surface area contributed by atoms with Crippen LogP contribution in [0, 0.1) is 12.7 Å². The number of methoxy groups -OCH3 is 1.